The summed E-state index contributed by atoms with van der Waals surface area (Å²) < 4.78 is 8.30. The number of aromatic nitrogens is 2. The van der Waals surface area contributed by atoms with E-state index < -0.39 is 0 Å². The second-order valence-corrected chi connectivity index (χ2v) is 8.58. The zero-order valence-corrected chi connectivity index (χ0v) is 17.0. The van der Waals surface area contributed by atoms with Crippen LogP contribution in [-0.4, -0.2) is 38.3 Å². The van der Waals surface area contributed by atoms with Gasteiger partial charge >= 0.3 is 0 Å². The fraction of sp³-hybridized carbons (Fsp3) is 0.545. The van der Waals surface area contributed by atoms with E-state index in [1.165, 1.54) is 37.8 Å². The van der Waals surface area contributed by atoms with Gasteiger partial charge in [0.15, 0.2) is 5.11 Å². The van der Waals surface area contributed by atoms with Gasteiger partial charge in [0.2, 0.25) is 0 Å². The zero-order chi connectivity index (χ0) is 18.9. The Labute approximate surface area is 172 Å². The number of thiocarbonyl (C=S) groups is 1. The Bertz CT molecular complexity index is 811. The van der Waals surface area contributed by atoms with Gasteiger partial charge in [-0.15, -0.1) is 0 Å². The monoisotopic (exact) mass is 396 g/mol. The highest BCUT2D eigenvalue weighted by Crippen LogP contribution is 2.43. The molecule has 0 amide bonds. The van der Waals surface area contributed by atoms with E-state index in [4.69, 9.17) is 17.0 Å². The lowest BCUT2D eigenvalue weighted by Gasteiger charge is -2.33. The highest BCUT2D eigenvalue weighted by Gasteiger charge is 2.44. The molecule has 1 saturated carbocycles. The molecule has 2 aliphatic heterocycles. The van der Waals surface area contributed by atoms with Gasteiger partial charge in [-0.05, 0) is 62.2 Å². The minimum atomic E-state index is 0.0763. The summed E-state index contributed by atoms with van der Waals surface area (Å²) in [6.07, 6.45) is 11.7. The van der Waals surface area contributed by atoms with E-state index in [-0.39, 0.29) is 12.1 Å². The number of hydrogen-bond donors (Lipinski definition) is 1. The number of nitrogens with one attached hydrogen (secondary N) is 1. The van der Waals surface area contributed by atoms with Crippen LogP contribution in [0.1, 0.15) is 62.0 Å². The summed E-state index contributed by atoms with van der Waals surface area (Å²) in [6.45, 7) is 1.81. The third-order valence-corrected chi connectivity index (χ3v) is 6.77. The molecule has 0 unspecified atom stereocenters. The third kappa shape index (κ3) is 3.33. The van der Waals surface area contributed by atoms with Crippen LogP contribution in [0.4, 0.5) is 0 Å². The molecular weight excluding hydrogens is 368 g/mol. The van der Waals surface area contributed by atoms with Gasteiger partial charge in [0, 0.05) is 37.3 Å². The van der Waals surface area contributed by atoms with E-state index >= 15 is 0 Å². The Kier molecular flexibility index (Phi) is 5.07. The summed E-state index contributed by atoms with van der Waals surface area (Å²) in [5.74, 6) is 0. The maximum absolute atomic E-state index is 5.91. The summed E-state index contributed by atoms with van der Waals surface area (Å²) in [5.41, 5.74) is 2.37. The van der Waals surface area contributed by atoms with Crippen molar-refractivity contribution in [2.24, 2.45) is 0 Å². The van der Waals surface area contributed by atoms with Crippen molar-refractivity contribution >= 4 is 17.3 Å². The molecule has 1 N–H and O–H groups in total. The standard InChI is InChI=1S/C22H28N4OS/c28-22-24-20(18-10-3-4-12-23-18)21(26(22)16-7-1-2-8-16)19-11-5-13-25(19)15-17-9-6-14-27-17/h3-5,10-13,16-17,20-21H,1-2,6-9,14-15H2,(H,24,28)/t17-,20+,21+/m0/s1. The summed E-state index contributed by atoms with van der Waals surface area (Å²) in [5, 5.41) is 4.48. The fourth-order valence-corrected chi connectivity index (χ4v) is 5.52. The quantitative estimate of drug-likeness (QED) is 0.775. The van der Waals surface area contributed by atoms with Crippen molar-refractivity contribution in [2.45, 2.75) is 69.3 Å². The van der Waals surface area contributed by atoms with Crippen LogP contribution in [0.2, 0.25) is 0 Å². The Morgan fingerprint density at radius 3 is 2.75 bits per heavy atom. The fourth-order valence-electron chi connectivity index (χ4n) is 5.13. The summed E-state index contributed by atoms with van der Waals surface area (Å²) in [4.78, 5) is 7.14. The molecule has 2 saturated heterocycles. The lowest BCUT2D eigenvalue weighted by molar-refractivity contribution is 0.0949. The second kappa shape index (κ2) is 7.84. The Morgan fingerprint density at radius 2 is 2.00 bits per heavy atom. The molecule has 1 aliphatic carbocycles. The lowest BCUT2D eigenvalue weighted by atomic mass is 9.99. The van der Waals surface area contributed by atoms with E-state index in [1.54, 1.807) is 0 Å². The SMILES string of the molecule is S=C1N[C@H](c2ccccn2)[C@@H](c2cccn2C[C@@H]2CCCO2)N1C1CCCC1. The van der Waals surface area contributed by atoms with E-state index in [1.807, 2.05) is 12.3 Å². The maximum Gasteiger partial charge on any atom is 0.170 e. The first-order valence-corrected chi connectivity index (χ1v) is 11.0. The van der Waals surface area contributed by atoms with Crippen molar-refractivity contribution in [3.05, 3.63) is 54.1 Å². The van der Waals surface area contributed by atoms with Gasteiger partial charge in [0.1, 0.15) is 0 Å². The summed E-state index contributed by atoms with van der Waals surface area (Å²) in [7, 11) is 0. The molecule has 2 aromatic rings. The Morgan fingerprint density at radius 1 is 1.11 bits per heavy atom. The van der Waals surface area contributed by atoms with Crippen LogP contribution in [0.3, 0.4) is 0 Å². The van der Waals surface area contributed by atoms with Crippen LogP contribution >= 0.6 is 12.2 Å². The topological polar surface area (TPSA) is 42.3 Å². The average molecular weight is 397 g/mol. The number of pyridine rings is 1. The zero-order valence-electron chi connectivity index (χ0n) is 16.2. The average Bonchev–Trinajstić information content (AvgIpc) is 3.50. The molecule has 3 fully saturated rings. The first kappa shape index (κ1) is 18.1. The molecule has 0 bridgehead atoms. The number of rotatable bonds is 5. The molecule has 5 nitrogen and oxygen atoms in total. The molecule has 0 radical (unpaired) electrons. The highest BCUT2D eigenvalue weighted by molar-refractivity contribution is 7.80. The maximum atomic E-state index is 5.91. The Balaban J connectivity index is 1.52. The molecule has 148 valence electrons. The summed E-state index contributed by atoms with van der Waals surface area (Å²) >= 11 is 5.85. The van der Waals surface area contributed by atoms with E-state index in [2.05, 4.69) is 50.2 Å². The number of ether oxygens (including phenoxy) is 1. The molecule has 0 spiro atoms. The molecule has 5 rings (SSSR count). The molecular formula is C22H28N4OS. The van der Waals surface area contributed by atoms with Gasteiger partial charge in [-0.25, -0.2) is 0 Å². The minimum absolute atomic E-state index is 0.0763. The van der Waals surface area contributed by atoms with E-state index in [9.17, 15) is 0 Å². The van der Waals surface area contributed by atoms with Crippen molar-refractivity contribution in [2.75, 3.05) is 6.61 Å². The Hall–Kier alpha value is -1.92. The number of nitrogens with zero attached hydrogens (tertiary/aromatic N) is 3. The molecule has 6 heteroatoms. The predicted octanol–water partition coefficient (Wildman–Crippen LogP) is 3.98. The minimum Gasteiger partial charge on any atom is -0.376 e. The molecule has 28 heavy (non-hydrogen) atoms. The van der Waals surface area contributed by atoms with Crippen LogP contribution in [0.25, 0.3) is 0 Å². The van der Waals surface area contributed by atoms with Crippen LogP contribution in [0.5, 0.6) is 0 Å². The van der Waals surface area contributed by atoms with Crippen LogP contribution in [0.15, 0.2) is 42.7 Å². The van der Waals surface area contributed by atoms with Crippen LogP contribution in [0, 0.1) is 0 Å². The smallest absolute Gasteiger partial charge is 0.170 e. The van der Waals surface area contributed by atoms with Gasteiger partial charge in [-0.1, -0.05) is 18.9 Å². The van der Waals surface area contributed by atoms with Crippen molar-refractivity contribution in [1.29, 1.82) is 0 Å². The molecule has 3 atom stereocenters. The molecule has 3 aliphatic rings. The van der Waals surface area contributed by atoms with E-state index in [0.29, 0.717) is 12.1 Å². The van der Waals surface area contributed by atoms with Crippen molar-refractivity contribution in [1.82, 2.24) is 19.8 Å². The van der Waals surface area contributed by atoms with Crippen molar-refractivity contribution in [3.8, 4) is 0 Å². The normalized spacial score (nSPS) is 28.2. The first-order chi connectivity index (χ1) is 13.8. The molecule has 0 aromatic carbocycles. The first-order valence-electron chi connectivity index (χ1n) is 10.6. The predicted molar refractivity (Wildman–Crippen MR) is 113 cm³/mol. The van der Waals surface area contributed by atoms with Gasteiger partial charge in [0.25, 0.3) is 0 Å². The highest BCUT2D eigenvalue weighted by atomic mass is 32.1. The number of hydrogen-bond acceptors (Lipinski definition) is 3. The van der Waals surface area contributed by atoms with Gasteiger partial charge in [0.05, 0.1) is 23.9 Å². The van der Waals surface area contributed by atoms with E-state index in [0.717, 1.165) is 30.4 Å². The largest absolute Gasteiger partial charge is 0.376 e. The van der Waals surface area contributed by atoms with Crippen LogP contribution < -0.4 is 5.32 Å². The molecule has 2 aromatic heterocycles. The van der Waals surface area contributed by atoms with Crippen molar-refractivity contribution in [3.63, 3.8) is 0 Å². The van der Waals surface area contributed by atoms with Gasteiger partial charge in [-0.2, -0.15) is 0 Å². The molecule has 4 heterocycles. The van der Waals surface area contributed by atoms with Gasteiger partial charge in [-0.3, -0.25) is 4.98 Å². The summed E-state index contributed by atoms with van der Waals surface area (Å²) in [6, 6.07) is 11.3. The van der Waals surface area contributed by atoms with Crippen molar-refractivity contribution < 1.29 is 4.74 Å². The third-order valence-electron chi connectivity index (χ3n) is 6.45. The second-order valence-electron chi connectivity index (χ2n) is 8.19. The van der Waals surface area contributed by atoms with Crippen LogP contribution in [-0.2, 0) is 11.3 Å². The van der Waals surface area contributed by atoms with Gasteiger partial charge < -0.3 is 19.5 Å². The lowest BCUT2D eigenvalue weighted by Crippen LogP contribution is -2.38.